The second-order valence-electron chi connectivity index (χ2n) is 4.91. The van der Waals surface area contributed by atoms with Crippen LogP contribution in [0, 0.1) is 16.7 Å². The highest BCUT2D eigenvalue weighted by Crippen LogP contribution is 2.34. The molecule has 1 rings (SSSR count). The van der Waals surface area contributed by atoms with Crippen molar-refractivity contribution >= 4 is 5.91 Å². The third-order valence-corrected chi connectivity index (χ3v) is 3.26. The molecular formula is C12H21N3O. The molecule has 90 valence electrons. The maximum atomic E-state index is 11.2. The van der Waals surface area contributed by atoms with Crippen molar-refractivity contribution in [1.29, 1.82) is 5.26 Å². The predicted octanol–water partition coefficient (Wildman–Crippen LogP) is 1.19. The minimum absolute atomic E-state index is 0.0950. The Labute approximate surface area is 97.4 Å². The summed E-state index contributed by atoms with van der Waals surface area (Å²) in [5.41, 5.74) is 0.355. The van der Waals surface area contributed by atoms with E-state index in [4.69, 9.17) is 5.26 Å². The SMILES string of the molecule is CC1(CNCC(=O)NCC#N)CCCCC1. The fourth-order valence-electron chi connectivity index (χ4n) is 2.26. The van der Waals surface area contributed by atoms with E-state index in [1.54, 1.807) is 0 Å². The highest BCUT2D eigenvalue weighted by molar-refractivity contribution is 5.78. The maximum absolute atomic E-state index is 11.2. The highest BCUT2D eigenvalue weighted by Gasteiger charge is 2.26. The van der Waals surface area contributed by atoms with E-state index in [0.29, 0.717) is 12.0 Å². The predicted molar refractivity (Wildman–Crippen MR) is 62.7 cm³/mol. The monoisotopic (exact) mass is 223 g/mol. The standard InChI is InChI=1S/C12H21N3O/c1-12(5-3-2-4-6-12)10-14-9-11(16)15-8-7-13/h14H,2-6,8-10H2,1H3,(H,15,16). The molecule has 0 atom stereocenters. The molecule has 16 heavy (non-hydrogen) atoms. The van der Waals surface area contributed by atoms with E-state index < -0.39 is 0 Å². The van der Waals surface area contributed by atoms with E-state index >= 15 is 0 Å². The van der Waals surface area contributed by atoms with Crippen molar-refractivity contribution in [3.63, 3.8) is 0 Å². The molecule has 1 aliphatic carbocycles. The molecule has 0 aliphatic heterocycles. The summed E-state index contributed by atoms with van der Waals surface area (Å²) in [4.78, 5) is 11.2. The van der Waals surface area contributed by atoms with Crippen molar-refractivity contribution in [1.82, 2.24) is 10.6 Å². The zero-order valence-corrected chi connectivity index (χ0v) is 10.0. The Morgan fingerprint density at radius 3 is 2.69 bits per heavy atom. The van der Waals surface area contributed by atoms with Gasteiger partial charge in [-0.3, -0.25) is 4.79 Å². The van der Waals surface area contributed by atoms with Crippen molar-refractivity contribution in [3.8, 4) is 6.07 Å². The highest BCUT2D eigenvalue weighted by atomic mass is 16.1. The van der Waals surface area contributed by atoms with Gasteiger partial charge in [0.1, 0.15) is 6.54 Å². The van der Waals surface area contributed by atoms with E-state index in [2.05, 4.69) is 17.6 Å². The summed E-state index contributed by atoms with van der Waals surface area (Å²) in [7, 11) is 0. The topological polar surface area (TPSA) is 64.9 Å². The molecule has 0 radical (unpaired) electrons. The molecule has 0 aromatic rings. The van der Waals surface area contributed by atoms with Gasteiger partial charge in [-0.25, -0.2) is 0 Å². The van der Waals surface area contributed by atoms with Crippen LogP contribution in [-0.4, -0.2) is 25.5 Å². The summed E-state index contributed by atoms with van der Waals surface area (Å²) in [6.07, 6.45) is 6.45. The van der Waals surface area contributed by atoms with Crippen molar-refractivity contribution in [2.75, 3.05) is 19.6 Å². The van der Waals surface area contributed by atoms with Crippen molar-refractivity contribution in [3.05, 3.63) is 0 Å². The third-order valence-electron chi connectivity index (χ3n) is 3.26. The molecule has 0 bridgehead atoms. The fourth-order valence-corrected chi connectivity index (χ4v) is 2.26. The molecule has 0 aromatic heterocycles. The van der Waals surface area contributed by atoms with Crippen molar-refractivity contribution < 1.29 is 4.79 Å². The second-order valence-corrected chi connectivity index (χ2v) is 4.91. The van der Waals surface area contributed by atoms with Gasteiger partial charge in [0.25, 0.3) is 0 Å². The van der Waals surface area contributed by atoms with Crippen LogP contribution in [0.25, 0.3) is 0 Å². The Morgan fingerprint density at radius 2 is 2.06 bits per heavy atom. The van der Waals surface area contributed by atoms with Crippen LogP contribution in [0.3, 0.4) is 0 Å². The summed E-state index contributed by atoms with van der Waals surface area (Å²) in [6.45, 7) is 3.59. The molecular weight excluding hydrogens is 202 g/mol. The molecule has 1 aliphatic rings. The first-order chi connectivity index (χ1) is 7.66. The lowest BCUT2D eigenvalue weighted by Gasteiger charge is -2.33. The minimum Gasteiger partial charge on any atom is -0.342 e. The molecule has 1 fully saturated rings. The third kappa shape index (κ3) is 4.63. The summed E-state index contributed by atoms with van der Waals surface area (Å²) < 4.78 is 0. The first-order valence-electron chi connectivity index (χ1n) is 6.01. The van der Waals surface area contributed by atoms with Gasteiger partial charge in [-0.05, 0) is 18.3 Å². The van der Waals surface area contributed by atoms with Gasteiger partial charge >= 0.3 is 0 Å². The van der Waals surface area contributed by atoms with Crippen LogP contribution in [0.5, 0.6) is 0 Å². The van der Waals surface area contributed by atoms with Gasteiger partial charge in [-0.2, -0.15) is 5.26 Å². The van der Waals surface area contributed by atoms with Crippen LogP contribution in [-0.2, 0) is 4.79 Å². The van der Waals surface area contributed by atoms with Gasteiger partial charge in [0, 0.05) is 6.54 Å². The number of amides is 1. The molecule has 2 N–H and O–H groups in total. The smallest absolute Gasteiger partial charge is 0.234 e. The van der Waals surface area contributed by atoms with Gasteiger partial charge in [-0.1, -0.05) is 26.2 Å². The zero-order valence-electron chi connectivity index (χ0n) is 10.0. The van der Waals surface area contributed by atoms with Crippen molar-refractivity contribution in [2.24, 2.45) is 5.41 Å². The van der Waals surface area contributed by atoms with Gasteiger partial charge < -0.3 is 10.6 Å². The average Bonchev–Trinajstić information content (AvgIpc) is 2.27. The maximum Gasteiger partial charge on any atom is 0.234 e. The number of hydrogen-bond acceptors (Lipinski definition) is 3. The number of nitrogens with zero attached hydrogens (tertiary/aromatic N) is 1. The lowest BCUT2D eigenvalue weighted by Crippen LogP contribution is -2.40. The number of nitrogens with one attached hydrogen (secondary N) is 2. The first kappa shape index (κ1) is 13.0. The normalized spacial score (nSPS) is 18.8. The van der Waals surface area contributed by atoms with Crippen LogP contribution in [0.2, 0.25) is 0 Å². The molecule has 1 amide bonds. The molecule has 4 heteroatoms. The average molecular weight is 223 g/mol. The van der Waals surface area contributed by atoms with Gasteiger partial charge in [0.05, 0.1) is 12.6 Å². The van der Waals surface area contributed by atoms with Gasteiger partial charge in [0.2, 0.25) is 5.91 Å². The summed E-state index contributed by atoms with van der Waals surface area (Å²) >= 11 is 0. The number of hydrogen-bond donors (Lipinski definition) is 2. The lowest BCUT2D eigenvalue weighted by molar-refractivity contribution is -0.120. The first-order valence-corrected chi connectivity index (χ1v) is 6.01. The van der Waals surface area contributed by atoms with E-state index in [1.807, 2.05) is 6.07 Å². The summed E-state index contributed by atoms with van der Waals surface area (Å²) in [5, 5.41) is 14.0. The van der Waals surface area contributed by atoms with E-state index in [0.717, 1.165) is 6.54 Å². The Morgan fingerprint density at radius 1 is 1.38 bits per heavy atom. The van der Waals surface area contributed by atoms with Crippen LogP contribution in [0.4, 0.5) is 0 Å². The number of carbonyl (C=O) groups is 1. The Hall–Kier alpha value is -1.08. The molecule has 0 unspecified atom stereocenters. The number of carbonyl (C=O) groups excluding carboxylic acids is 1. The molecule has 1 saturated carbocycles. The number of nitriles is 1. The molecule has 0 saturated heterocycles. The summed E-state index contributed by atoms with van der Waals surface area (Å²) in [6, 6.07) is 1.89. The Kier molecular flexibility index (Phi) is 5.27. The number of rotatable bonds is 5. The zero-order chi connectivity index (χ0) is 11.9. The Bertz CT molecular complexity index is 264. The Balaban J connectivity index is 2.14. The second kappa shape index (κ2) is 6.49. The quantitative estimate of drug-likeness (QED) is 0.688. The van der Waals surface area contributed by atoms with Crippen LogP contribution in [0.1, 0.15) is 39.0 Å². The molecule has 0 spiro atoms. The largest absolute Gasteiger partial charge is 0.342 e. The fraction of sp³-hybridized carbons (Fsp3) is 0.833. The van der Waals surface area contributed by atoms with Crippen molar-refractivity contribution in [2.45, 2.75) is 39.0 Å². The van der Waals surface area contributed by atoms with Gasteiger partial charge in [-0.15, -0.1) is 0 Å². The van der Waals surface area contributed by atoms with Crippen LogP contribution >= 0.6 is 0 Å². The van der Waals surface area contributed by atoms with E-state index in [-0.39, 0.29) is 12.5 Å². The van der Waals surface area contributed by atoms with Crippen LogP contribution < -0.4 is 10.6 Å². The van der Waals surface area contributed by atoms with Gasteiger partial charge in [0.15, 0.2) is 0 Å². The van der Waals surface area contributed by atoms with E-state index in [9.17, 15) is 4.79 Å². The lowest BCUT2D eigenvalue weighted by atomic mass is 9.76. The molecule has 0 heterocycles. The van der Waals surface area contributed by atoms with E-state index in [1.165, 1.54) is 32.1 Å². The van der Waals surface area contributed by atoms with Crippen LogP contribution in [0.15, 0.2) is 0 Å². The summed E-state index contributed by atoms with van der Waals surface area (Å²) in [5.74, 6) is -0.0963. The molecule has 4 nitrogen and oxygen atoms in total. The minimum atomic E-state index is -0.0963. The molecule has 0 aromatic carbocycles.